The summed E-state index contributed by atoms with van der Waals surface area (Å²) in [4.78, 5) is 5.44. The van der Waals surface area contributed by atoms with E-state index in [0.717, 1.165) is 22.5 Å². The summed E-state index contributed by atoms with van der Waals surface area (Å²) in [6.07, 6.45) is 0. The van der Waals surface area contributed by atoms with Crippen LogP contribution in [0.4, 0.5) is 18.3 Å². The molecule has 4 rings (SSSR count). The highest BCUT2D eigenvalue weighted by Crippen LogP contribution is 2.31. The third-order valence-corrected chi connectivity index (χ3v) is 7.89. The van der Waals surface area contributed by atoms with E-state index < -0.39 is 32.4 Å². The molecule has 0 spiro atoms. The number of nitrogens with zero attached hydrogens (tertiary/aromatic N) is 3. The maximum Gasteiger partial charge on any atom is 0.249 e. The number of hydrogen-bond donors (Lipinski definition) is 0. The SMILES string of the molecule is O=S(=O)(c1c(F)cccc1F)N1CCN(c2nc(-c3ccc(Cl)c(F)c3)cs2)CC1. The van der Waals surface area contributed by atoms with E-state index in [1.165, 1.54) is 23.5 Å². The van der Waals surface area contributed by atoms with Crippen molar-refractivity contribution in [3.63, 3.8) is 0 Å². The van der Waals surface area contributed by atoms with Crippen molar-refractivity contribution >= 4 is 38.1 Å². The van der Waals surface area contributed by atoms with Gasteiger partial charge < -0.3 is 4.90 Å². The number of thiazole rings is 1. The third kappa shape index (κ3) is 3.92. The smallest absolute Gasteiger partial charge is 0.249 e. The molecule has 2 heterocycles. The summed E-state index contributed by atoms with van der Waals surface area (Å²) >= 11 is 7.05. The minimum absolute atomic E-state index is 0.0258. The van der Waals surface area contributed by atoms with Gasteiger partial charge in [-0.15, -0.1) is 11.3 Å². The van der Waals surface area contributed by atoms with Crippen molar-refractivity contribution in [3.05, 3.63) is 64.3 Å². The molecule has 0 amide bonds. The van der Waals surface area contributed by atoms with E-state index in [-0.39, 0.29) is 18.1 Å². The molecule has 1 aromatic heterocycles. The zero-order chi connectivity index (χ0) is 21.5. The highest BCUT2D eigenvalue weighted by molar-refractivity contribution is 7.89. The monoisotopic (exact) mass is 473 g/mol. The van der Waals surface area contributed by atoms with Gasteiger partial charge in [0.05, 0.1) is 10.7 Å². The largest absolute Gasteiger partial charge is 0.345 e. The van der Waals surface area contributed by atoms with Crippen LogP contribution < -0.4 is 4.90 Å². The van der Waals surface area contributed by atoms with Crippen molar-refractivity contribution in [1.82, 2.24) is 9.29 Å². The molecule has 1 saturated heterocycles. The van der Waals surface area contributed by atoms with Crippen molar-refractivity contribution in [2.45, 2.75) is 4.90 Å². The fourth-order valence-electron chi connectivity index (χ4n) is 3.18. The highest BCUT2D eigenvalue weighted by Gasteiger charge is 2.33. The Morgan fingerprint density at radius 2 is 1.63 bits per heavy atom. The maximum absolute atomic E-state index is 14.0. The minimum atomic E-state index is -4.29. The highest BCUT2D eigenvalue weighted by atomic mass is 35.5. The predicted molar refractivity (Wildman–Crippen MR) is 110 cm³/mol. The number of sulfonamides is 1. The van der Waals surface area contributed by atoms with E-state index in [9.17, 15) is 21.6 Å². The molecule has 0 saturated carbocycles. The van der Waals surface area contributed by atoms with Crippen molar-refractivity contribution in [3.8, 4) is 11.3 Å². The summed E-state index contributed by atoms with van der Waals surface area (Å²) in [5.41, 5.74) is 1.16. The van der Waals surface area contributed by atoms with Gasteiger partial charge in [0.2, 0.25) is 10.0 Å². The molecule has 2 aromatic carbocycles. The number of benzene rings is 2. The molecule has 1 fully saturated rings. The fraction of sp³-hybridized carbons (Fsp3) is 0.211. The van der Waals surface area contributed by atoms with Crippen LogP contribution in [-0.4, -0.2) is 43.9 Å². The number of rotatable bonds is 4. The van der Waals surface area contributed by atoms with Crippen LogP contribution in [0.2, 0.25) is 5.02 Å². The van der Waals surface area contributed by atoms with Crippen LogP contribution in [0.25, 0.3) is 11.3 Å². The number of hydrogen-bond acceptors (Lipinski definition) is 5. The summed E-state index contributed by atoms with van der Waals surface area (Å²) in [6, 6.07) is 7.38. The van der Waals surface area contributed by atoms with Crippen LogP contribution in [0.1, 0.15) is 0 Å². The van der Waals surface area contributed by atoms with Gasteiger partial charge in [-0.1, -0.05) is 23.7 Å². The Hall–Kier alpha value is -2.14. The van der Waals surface area contributed by atoms with Gasteiger partial charge in [0.15, 0.2) is 10.0 Å². The standard InChI is InChI=1S/C19H15ClF3N3O2S2/c20-13-5-4-12(10-16(13)23)17-11-29-19(24-17)25-6-8-26(9-7-25)30(27,28)18-14(21)2-1-3-15(18)22/h1-5,10-11H,6-9H2. The maximum atomic E-state index is 14.0. The first-order chi connectivity index (χ1) is 14.3. The Bertz CT molecular complexity index is 1180. The van der Waals surface area contributed by atoms with Crippen molar-refractivity contribution in [1.29, 1.82) is 0 Å². The lowest BCUT2D eigenvalue weighted by molar-refractivity contribution is 0.378. The van der Waals surface area contributed by atoms with Crippen LogP contribution in [0, 0.1) is 17.5 Å². The summed E-state index contributed by atoms with van der Waals surface area (Å²) in [5, 5.41) is 2.45. The quantitative estimate of drug-likeness (QED) is 0.564. The van der Waals surface area contributed by atoms with Gasteiger partial charge in [0.1, 0.15) is 17.5 Å². The van der Waals surface area contributed by atoms with Gasteiger partial charge in [0.25, 0.3) is 0 Å². The van der Waals surface area contributed by atoms with Crippen molar-refractivity contribution in [2.75, 3.05) is 31.1 Å². The topological polar surface area (TPSA) is 53.5 Å². The molecule has 0 aliphatic carbocycles. The molecule has 3 aromatic rings. The van der Waals surface area contributed by atoms with Crippen molar-refractivity contribution < 1.29 is 21.6 Å². The average molecular weight is 474 g/mol. The number of anilines is 1. The van der Waals surface area contributed by atoms with Gasteiger partial charge in [-0.3, -0.25) is 0 Å². The first-order valence-corrected chi connectivity index (χ1v) is 11.6. The van der Waals surface area contributed by atoms with Gasteiger partial charge in [-0.05, 0) is 24.3 Å². The molecular formula is C19H15ClF3N3O2S2. The molecule has 0 radical (unpaired) electrons. The molecular weight excluding hydrogens is 459 g/mol. The van der Waals surface area contributed by atoms with E-state index in [2.05, 4.69) is 4.98 Å². The lowest BCUT2D eigenvalue weighted by Crippen LogP contribution is -2.49. The van der Waals surface area contributed by atoms with Crippen LogP contribution in [-0.2, 0) is 10.0 Å². The zero-order valence-electron chi connectivity index (χ0n) is 15.4. The lowest BCUT2D eigenvalue weighted by atomic mass is 10.2. The van der Waals surface area contributed by atoms with Crippen molar-refractivity contribution in [2.24, 2.45) is 0 Å². The Morgan fingerprint density at radius 3 is 2.27 bits per heavy atom. The third-order valence-electron chi connectivity index (χ3n) is 4.73. The van der Waals surface area contributed by atoms with Gasteiger partial charge in [-0.25, -0.2) is 26.6 Å². The van der Waals surface area contributed by atoms with E-state index in [4.69, 9.17) is 11.6 Å². The second kappa shape index (κ2) is 8.18. The van der Waals surface area contributed by atoms with Crippen LogP contribution in [0.3, 0.4) is 0 Å². The zero-order valence-corrected chi connectivity index (χ0v) is 17.7. The van der Waals surface area contributed by atoms with Gasteiger partial charge in [0, 0.05) is 37.1 Å². The Morgan fingerprint density at radius 1 is 0.967 bits per heavy atom. The second-order valence-corrected chi connectivity index (χ2v) is 9.70. The molecule has 0 unspecified atom stereocenters. The number of halogens is 4. The molecule has 1 aliphatic rings. The molecule has 158 valence electrons. The predicted octanol–water partition coefficient (Wildman–Crippen LogP) is 4.39. The molecule has 5 nitrogen and oxygen atoms in total. The Balaban J connectivity index is 1.49. The first-order valence-electron chi connectivity index (χ1n) is 8.87. The fourth-order valence-corrected chi connectivity index (χ4v) is 5.71. The van der Waals surface area contributed by atoms with Gasteiger partial charge in [-0.2, -0.15) is 4.31 Å². The van der Waals surface area contributed by atoms with E-state index in [1.54, 1.807) is 11.4 Å². The van der Waals surface area contributed by atoms with Crippen LogP contribution in [0.15, 0.2) is 46.7 Å². The lowest BCUT2D eigenvalue weighted by Gasteiger charge is -2.33. The van der Waals surface area contributed by atoms with Crippen LogP contribution >= 0.6 is 22.9 Å². The second-order valence-electron chi connectivity index (χ2n) is 6.59. The molecule has 0 bridgehead atoms. The average Bonchev–Trinajstić information content (AvgIpc) is 3.20. The van der Waals surface area contributed by atoms with Crippen LogP contribution in [0.5, 0.6) is 0 Å². The minimum Gasteiger partial charge on any atom is -0.345 e. The summed E-state index contributed by atoms with van der Waals surface area (Å²) in [5.74, 6) is -2.77. The van der Waals surface area contributed by atoms with E-state index in [0.29, 0.717) is 29.5 Å². The molecule has 1 aliphatic heterocycles. The summed E-state index contributed by atoms with van der Waals surface area (Å²) < 4.78 is 68.1. The molecule has 11 heteroatoms. The normalized spacial score (nSPS) is 15.5. The summed E-state index contributed by atoms with van der Waals surface area (Å²) in [7, 11) is -4.29. The number of aromatic nitrogens is 1. The number of piperazine rings is 1. The van der Waals surface area contributed by atoms with E-state index >= 15 is 0 Å². The summed E-state index contributed by atoms with van der Waals surface area (Å²) in [6.45, 7) is 0.718. The van der Waals surface area contributed by atoms with E-state index in [1.807, 2.05) is 4.90 Å². The Labute approximate surface area is 180 Å². The van der Waals surface area contributed by atoms with Gasteiger partial charge >= 0.3 is 0 Å². The molecule has 30 heavy (non-hydrogen) atoms. The molecule has 0 atom stereocenters. The first kappa shape index (κ1) is 21.1. The molecule has 0 N–H and O–H groups in total. The Kier molecular flexibility index (Phi) is 5.75.